The van der Waals surface area contributed by atoms with Gasteiger partial charge in [-0.15, -0.1) is 0 Å². The molecule has 0 radical (unpaired) electrons. The molecule has 0 aromatic heterocycles. The minimum Gasteiger partial charge on any atom is -0.270 e. The molecule has 0 saturated heterocycles. The molecule has 0 aromatic carbocycles. The van der Waals surface area contributed by atoms with Crippen molar-refractivity contribution in [2.24, 2.45) is 16.2 Å². The molecule has 0 aliphatic heterocycles. The Morgan fingerprint density at radius 1 is 0.484 bits per heavy atom. The molecule has 0 aromatic rings. The summed E-state index contributed by atoms with van der Waals surface area (Å²) in [7, 11) is -15.1. The van der Waals surface area contributed by atoms with Crippen LogP contribution in [0.4, 0.5) is 0 Å². The van der Waals surface area contributed by atoms with Gasteiger partial charge in [0, 0.05) is 10.8 Å². The molecular formula is C15H28O12S4. The molecule has 0 heterocycles. The normalized spacial score (nSPS) is 22.6. The van der Waals surface area contributed by atoms with Crippen molar-refractivity contribution in [2.75, 3.05) is 51.5 Å². The maximum atomic E-state index is 11.4. The highest BCUT2D eigenvalue weighted by Crippen LogP contribution is 2.70. The Balaban J connectivity index is 2.11. The van der Waals surface area contributed by atoms with Crippen LogP contribution in [0.2, 0.25) is 0 Å². The lowest BCUT2D eigenvalue weighted by Crippen LogP contribution is -2.63. The summed E-state index contributed by atoms with van der Waals surface area (Å²) in [6.07, 6.45) is 4.93. The van der Waals surface area contributed by atoms with Crippen LogP contribution in [0.15, 0.2) is 0 Å². The average molecular weight is 529 g/mol. The van der Waals surface area contributed by atoms with Gasteiger partial charge in [0.1, 0.15) is 0 Å². The van der Waals surface area contributed by atoms with Gasteiger partial charge in [0.05, 0.1) is 51.5 Å². The smallest absolute Gasteiger partial charge is 0.264 e. The van der Waals surface area contributed by atoms with Crippen LogP contribution in [0.3, 0.4) is 0 Å². The third-order valence-corrected chi connectivity index (χ3v) is 7.50. The van der Waals surface area contributed by atoms with E-state index >= 15 is 0 Å². The molecule has 0 amide bonds. The first-order valence-corrected chi connectivity index (χ1v) is 16.3. The van der Waals surface area contributed by atoms with Crippen LogP contribution in [-0.2, 0) is 57.2 Å². The lowest BCUT2D eigenvalue weighted by atomic mass is 9.39. The van der Waals surface area contributed by atoms with Gasteiger partial charge in [0.2, 0.25) is 0 Å². The van der Waals surface area contributed by atoms with Crippen LogP contribution in [0, 0.1) is 16.2 Å². The van der Waals surface area contributed by atoms with Crippen LogP contribution < -0.4 is 0 Å². The summed E-state index contributed by atoms with van der Waals surface area (Å²) in [5.74, 6) is 0. The third-order valence-electron chi connectivity index (χ3n) is 5.32. The van der Waals surface area contributed by atoms with E-state index in [1.807, 2.05) is 0 Å². The van der Waals surface area contributed by atoms with E-state index in [0.29, 0.717) is 25.7 Å². The number of hydrogen-bond donors (Lipinski definition) is 0. The standard InChI is InChI=1S/C15H28O12S4/c1-28(16,17)24-9-14(10-25-29(2,18)19)5-13(6-14)7-15(8-13,11-26-30(3,20)21)12-27-31(4,22)23/h5-12H2,1-4H3. The van der Waals surface area contributed by atoms with E-state index in [2.05, 4.69) is 0 Å². The van der Waals surface area contributed by atoms with Crippen molar-refractivity contribution < 1.29 is 50.4 Å². The van der Waals surface area contributed by atoms with Crippen LogP contribution >= 0.6 is 0 Å². The Kier molecular flexibility index (Phi) is 7.33. The molecule has 2 aliphatic carbocycles. The largest absolute Gasteiger partial charge is 0.270 e. The summed E-state index contributed by atoms with van der Waals surface area (Å²) in [6.45, 7) is -1.07. The molecular weight excluding hydrogens is 500 g/mol. The Hall–Kier alpha value is -0.360. The summed E-state index contributed by atoms with van der Waals surface area (Å²) in [5, 5.41) is 0. The lowest BCUT2D eigenvalue weighted by Gasteiger charge is -2.67. The molecule has 12 nitrogen and oxygen atoms in total. The zero-order chi connectivity index (χ0) is 24.0. The van der Waals surface area contributed by atoms with Gasteiger partial charge < -0.3 is 0 Å². The van der Waals surface area contributed by atoms with Gasteiger partial charge in [-0.1, -0.05) is 0 Å². The van der Waals surface area contributed by atoms with Crippen LogP contribution in [0.5, 0.6) is 0 Å². The van der Waals surface area contributed by atoms with Gasteiger partial charge in [-0.05, 0) is 31.1 Å². The summed E-state index contributed by atoms with van der Waals surface area (Å²) >= 11 is 0. The van der Waals surface area contributed by atoms with Gasteiger partial charge in [-0.3, -0.25) is 16.7 Å². The number of hydrogen-bond acceptors (Lipinski definition) is 12. The van der Waals surface area contributed by atoms with Crippen LogP contribution in [-0.4, -0.2) is 85.1 Å². The third kappa shape index (κ3) is 8.49. The SMILES string of the molecule is CS(=O)(=O)OCC1(COS(C)(=O)=O)CC2(C1)CC(COS(C)(=O)=O)(COS(C)(=O)=O)C2. The minimum absolute atomic E-state index is 0.268. The number of rotatable bonds is 12. The Labute approximate surface area is 184 Å². The van der Waals surface area contributed by atoms with E-state index in [9.17, 15) is 33.7 Å². The fourth-order valence-corrected chi connectivity index (χ4v) is 6.60. The van der Waals surface area contributed by atoms with E-state index < -0.39 is 51.3 Å². The molecule has 31 heavy (non-hydrogen) atoms. The maximum Gasteiger partial charge on any atom is 0.264 e. The van der Waals surface area contributed by atoms with Crippen molar-refractivity contribution >= 4 is 40.5 Å². The van der Waals surface area contributed by atoms with Crippen molar-refractivity contribution in [3.8, 4) is 0 Å². The molecule has 1 spiro atoms. The molecule has 16 heteroatoms. The fraction of sp³-hybridized carbons (Fsp3) is 1.00. The highest BCUT2D eigenvalue weighted by molar-refractivity contribution is 7.86. The van der Waals surface area contributed by atoms with Gasteiger partial charge in [0.15, 0.2) is 0 Å². The first-order valence-electron chi connectivity index (χ1n) is 9.03. The van der Waals surface area contributed by atoms with Crippen LogP contribution in [0.25, 0.3) is 0 Å². The molecule has 0 unspecified atom stereocenters. The first-order chi connectivity index (χ1) is 13.7. The van der Waals surface area contributed by atoms with E-state index in [4.69, 9.17) is 16.7 Å². The quantitative estimate of drug-likeness (QED) is 0.296. The Morgan fingerprint density at radius 3 is 0.839 bits per heavy atom. The zero-order valence-electron chi connectivity index (χ0n) is 17.7. The molecule has 0 bridgehead atoms. The second-order valence-electron chi connectivity index (χ2n) is 9.07. The zero-order valence-corrected chi connectivity index (χ0v) is 21.0. The van der Waals surface area contributed by atoms with E-state index in [1.165, 1.54) is 0 Å². The fourth-order valence-electron chi connectivity index (χ4n) is 4.75. The summed E-state index contributed by atoms with van der Waals surface area (Å²) in [6, 6.07) is 0. The van der Waals surface area contributed by atoms with Crippen molar-refractivity contribution in [3.63, 3.8) is 0 Å². The predicted molar refractivity (Wildman–Crippen MR) is 109 cm³/mol. The molecule has 2 fully saturated rings. The van der Waals surface area contributed by atoms with E-state index in [-0.39, 0.29) is 31.8 Å². The van der Waals surface area contributed by atoms with Crippen molar-refractivity contribution in [1.29, 1.82) is 0 Å². The molecule has 2 rings (SSSR count). The predicted octanol–water partition coefficient (Wildman–Crippen LogP) is -0.562. The van der Waals surface area contributed by atoms with E-state index in [1.54, 1.807) is 0 Å². The Morgan fingerprint density at radius 2 is 0.677 bits per heavy atom. The summed E-state index contributed by atoms with van der Waals surface area (Å²) < 4.78 is 111. The highest BCUT2D eigenvalue weighted by Gasteiger charge is 2.66. The highest BCUT2D eigenvalue weighted by atomic mass is 32.2. The van der Waals surface area contributed by atoms with Gasteiger partial charge >= 0.3 is 0 Å². The van der Waals surface area contributed by atoms with Gasteiger partial charge in [-0.2, -0.15) is 33.7 Å². The first kappa shape index (κ1) is 26.9. The van der Waals surface area contributed by atoms with Crippen molar-refractivity contribution in [1.82, 2.24) is 0 Å². The summed E-state index contributed by atoms with van der Waals surface area (Å²) in [5.41, 5.74) is -2.12. The van der Waals surface area contributed by atoms with E-state index in [0.717, 1.165) is 25.0 Å². The summed E-state index contributed by atoms with van der Waals surface area (Å²) in [4.78, 5) is 0. The molecule has 0 N–H and O–H groups in total. The second kappa shape index (κ2) is 8.45. The molecule has 2 aliphatic rings. The molecule has 184 valence electrons. The monoisotopic (exact) mass is 528 g/mol. The minimum atomic E-state index is -3.76. The second-order valence-corrected chi connectivity index (χ2v) is 15.6. The van der Waals surface area contributed by atoms with Crippen molar-refractivity contribution in [3.05, 3.63) is 0 Å². The Bertz CT molecular complexity index is 921. The van der Waals surface area contributed by atoms with Gasteiger partial charge in [-0.25, -0.2) is 0 Å². The lowest BCUT2D eigenvalue weighted by molar-refractivity contribution is -0.205. The topological polar surface area (TPSA) is 173 Å². The molecule has 2 saturated carbocycles. The van der Waals surface area contributed by atoms with Gasteiger partial charge in [0.25, 0.3) is 40.5 Å². The molecule has 0 atom stereocenters. The van der Waals surface area contributed by atoms with Crippen LogP contribution in [0.1, 0.15) is 25.7 Å². The maximum absolute atomic E-state index is 11.4. The van der Waals surface area contributed by atoms with Crippen molar-refractivity contribution in [2.45, 2.75) is 25.7 Å². The average Bonchev–Trinajstić information content (AvgIpc) is 2.46.